The zero-order valence-electron chi connectivity index (χ0n) is 16.1. The van der Waals surface area contributed by atoms with Crippen LogP contribution >= 0.6 is 11.3 Å². The molecule has 1 aliphatic heterocycles. The Morgan fingerprint density at radius 2 is 2.06 bits per heavy atom. The first-order chi connectivity index (χ1) is 14.8. The molecule has 11 heteroatoms. The van der Waals surface area contributed by atoms with Gasteiger partial charge >= 0.3 is 6.18 Å². The van der Waals surface area contributed by atoms with Gasteiger partial charge in [-0.1, -0.05) is 6.58 Å². The molecule has 5 rings (SSSR count). The van der Waals surface area contributed by atoms with Gasteiger partial charge < -0.3 is 10.6 Å². The maximum atomic E-state index is 13.0. The van der Waals surface area contributed by atoms with E-state index < -0.39 is 12.0 Å². The Morgan fingerprint density at radius 1 is 1.26 bits per heavy atom. The van der Waals surface area contributed by atoms with Crippen molar-refractivity contribution in [1.29, 1.82) is 0 Å². The van der Waals surface area contributed by atoms with Gasteiger partial charge in [0.2, 0.25) is 0 Å². The third kappa shape index (κ3) is 3.12. The number of hydrogen-bond donors (Lipinski definition) is 2. The summed E-state index contributed by atoms with van der Waals surface area (Å²) >= 11 is 1.38. The standard InChI is InChI=1S/C20H15F3N6OS/c1-3-13-27-19(20(21,22)23)28-29(13)14-7-4-10-11(26-14)5-6-12-15(10)16-17(31-12)18(30)25-9(2)8-24-16/h3-7,9,24H,1,8H2,2H3,(H,25,30)/t9-/m1/s1. The zero-order chi connectivity index (χ0) is 21.9. The average Bonchev–Trinajstić information content (AvgIpc) is 3.30. The molecule has 0 unspecified atom stereocenters. The number of carbonyl (C=O) groups excluding carboxylic acids is 1. The summed E-state index contributed by atoms with van der Waals surface area (Å²) in [5.41, 5.74) is 1.30. The highest BCUT2D eigenvalue weighted by Crippen LogP contribution is 2.41. The van der Waals surface area contributed by atoms with Gasteiger partial charge in [0.1, 0.15) is 4.88 Å². The van der Waals surface area contributed by atoms with Crippen molar-refractivity contribution in [3.05, 3.63) is 47.4 Å². The van der Waals surface area contributed by atoms with Crippen LogP contribution in [0.15, 0.2) is 30.8 Å². The van der Waals surface area contributed by atoms with E-state index in [1.54, 1.807) is 18.2 Å². The first-order valence-electron chi connectivity index (χ1n) is 9.34. The number of pyridine rings is 1. The minimum absolute atomic E-state index is 0.0191. The normalized spacial score (nSPS) is 16.6. The van der Waals surface area contributed by atoms with Crippen LogP contribution in [0.1, 0.15) is 28.2 Å². The molecule has 0 bridgehead atoms. The van der Waals surface area contributed by atoms with E-state index in [0.29, 0.717) is 16.9 Å². The molecule has 0 radical (unpaired) electrons. The molecule has 0 fully saturated rings. The fraction of sp³-hybridized carbons (Fsp3) is 0.200. The molecule has 0 saturated carbocycles. The van der Waals surface area contributed by atoms with Crippen LogP contribution in [0.3, 0.4) is 0 Å². The van der Waals surface area contributed by atoms with Gasteiger partial charge in [0, 0.05) is 28.1 Å². The predicted molar refractivity (Wildman–Crippen MR) is 113 cm³/mol. The quantitative estimate of drug-likeness (QED) is 0.483. The SMILES string of the molecule is C=Cc1nc(C(F)(F)F)nn1-c1ccc2c(ccc3sc4c(c32)NC[C@@H](C)NC4=O)n1. The minimum atomic E-state index is -4.68. The number of benzene rings is 1. The summed E-state index contributed by atoms with van der Waals surface area (Å²) in [4.78, 5) is 21.1. The molecule has 3 aromatic heterocycles. The summed E-state index contributed by atoms with van der Waals surface area (Å²) in [5.74, 6) is -1.26. The Morgan fingerprint density at radius 3 is 2.81 bits per heavy atom. The van der Waals surface area contributed by atoms with Crippen LogP contribution in [-0.2, 0) is 6.18 Å². The number of fused-ring (bicyclic) bond motifs is 5. The van der Waals surface area contributed by atoms with Gasteiger partial charge in [-0.3, -0.25) is 4.79 Å². The van der Waals surface area contributed by atoms with E-state index in [9.17, 15) is 18.0 Å². The number of halogens is 3. The summed E-state index contributed by atoms with van der Waals surface area (Å²) in [6, 6.07) is 6.94. The molecule has 1 aromatic carbocycles. The van der Waals surface area contributed by atoms with E-state index in [2.05, 4.69) is 32.3 Å². The van der Waals surface area contributed by atoms with Crippen LogP contribution in [0.4, 0.5) is 18.9 Å². The molecule has 2 N–H and O–H groups in total. The zero-order valence-corrected chi connectivity index (χ0v) is 16.9. The molecule has 158 valence electrons. The van der Waals surface area contributed by atoms with Crippen LogP contribution in [0.25, 0.3) is 32.9 Å². The van der Waals surface area contributed by atoms with E-state index >= 15 is 0 Å². The van der Waals surface area contributed by atoms with Crippen LogP contribution in [0.5, 0.6) is 0 Å². The van der Waals surface area contributed by atoms with Crippen LogP contribution in [0.2, 0.25) is 0 Å². The van der Waals surface area contributed by atoms with Crippen molar-refractivity contribution in [1.82, 2.24) is 25.1 Å². The molecule has 1 atom stereocenters. The molecule has 0 saturated heterocycles. The highest BCUT2D eigenvalue weighted by Gasteiger charge is 2.37. The second kappa shape index (κ2) is 6.77. The van der Waals surface area contributed by atoms with Gasteiger partial charge in [0.05, 0.1) is 11.2 Å². The monoisotopic (exact) mass is 444 g/mol. The Balaban J connectivity index is 1.69. The molecule has 0 aliphatic carbocycles. The lowest BCUT2D eigenvalue weighted by atomic mass is 10.1. The number of alkyl halides is 3. The van der Waals surface area contributed by atoms with Gasteiger partial charge in [0.15, 0.2) is 11.6 Å². The molecule has 0 spiro atoms. The van der Waals surface area contributed by atoms with Crippen molar-refractivity contribution in [3.8, 4) is 5.82 Å². The number of nitrogens with one attached hydrogen (secondary N) is 2. The largest absolute Gasteiger partial charge is 0.453 e. The first kappa shape index (κ1) is 19.5. The van der Waals surface area contributed by atoms with E-state index in [0.717, 1.165) is 25.8 Å². The number of amides is 1. The van der Waals surface area contributed by atoms with Crippen LogP contribution in [-0.4, -0.2) is 38.2 Å². The lowest BCUT2D eigenvalue weighted by molar-refractivity contribution is -0.144. The van der Waals surface area contributed by atoms with Gasteiger partial charge in [-0.25, -0.2) is 9.97 Å². The number of rotatable bonds is 2. The summed E-state index contributed by atoms with van der Waals surface area (Å²) in [6.45, 7) is 6.01. The Kier molecular flexibility index (Phi) is 4.26. The van der Waals surface area contributed by atoms with E-state index in [-0.39, 0.29) is 23.6 Å². The van der Waals surface area contributed by atoms with E-state index in [4.69, 9.17) is 0 Å². The second-order valence-electron chi connectivity index (χ2n) is 7.14. The Labute approximate surface area is 177 Å². The first-order valence-corrected chi connectivity index (χ1v) is 10.2. The Hall–Kier alpha value is -3.47. The maximum Gasteiger partial charge on any atom is 0.453 e. The third-order valence-electron chi connectivity index (χ3n) is 4.96. The molecule has 31 heavy (non-hydrogen) atoms. The van der Waals surface area contributed by atoms with Crippen molar-refractivity contribution in [3.63, 3.8) is 0 Å². The number of anilines is 1. The van der Waals surface area contributed by atoms with Crippen molar-refractivity contribution in [2.24, 2.45) is 0 Å². The Bertz CT molecular complexity index is 1370. The van der Waals surface area contributed by atoms with Crippen LogP contribution < -0.4 is 10.6 Å². The molecule has 1 aliphatic rings. The lowest BCUT2D eigenvalue weighted by Crippen LogP contribution is -2.34. The van der Waals surface area contributed by atoms with Gasteiger partial charge in [-0.15, -0.1) is 16.4 Å². The van der Waals surface area contributed by atoms with Gasteiger partial charge in [-0.2, -0.15) is 17.9 Å². The van der Waals surface area contributed by atoms with Crippen molar-refractivity contribution in [2.75, 3.05) is 11.9 Å². The molecule has 4 aromatic rings. The van der Waals surface area contributed by atoms with Crippen molar-refractivity contribution >= 4 is 50.0 Å². The van der Waals surface area contributed by atoms with E-state index in [1.165, 1.54) is 17.4 Å². The minimum Gasteiger partial charge on any atom is -0.381 e. The molecular weight excluding hydrogens is 429 g/mol. The summed E-state index contributed by atoms with van der Waals surface area (Å²) in [7, 11) is 0. The highest BCUT2D eigenvalue weighted by atomic mass is 32.1. The highest BCUT2D eigenvalue weighted by molar-refractivity contribution is 7.21. The smallest absolute Gasteiger partial charge is 0.381 e. The maximum absolute atomic E-state index is 13.0. The number of carbonyl (C=O) groups is 1. The number of hydrogen-bond acceptors (Lipinski definition) is 6. The topological polar surface area (TPSA) is 84.7 Å². The van der Waals surface area contributed by atoms with Gasteiger partial charge in [0.25, 0.3) is 11.7 Å². The predicted octanol–water partition coefficient (Wildman–Crippen LogP) is 4.24. The fourth-order valence-corrected chi connectivity index (χ4v) is 4.68. The molecule has 4 heterocycles. The average molecular weight is 444 g/mol. The molecular formula is C20H15F3N6OS. The molecule has 7 nitrogen and oxygen atoms in total. The van der Waals surface area contributed by atoms with E-state index in [1.807, 2.05) is 13.0 Å². The van der Waals surface area contributed by atoms with Crippen LogP contribution in [0, 0.1) is 0 Å². The summed E-state index contributed by atoms with van der Waals surface area (Å²) < 4.78 is 41.1. The number of thiophene rings is 1. The van der Waals surface area contributed by atoms with Crippen molar-refractivity contribution in [2.45, 2.75) is 19.1 Å². The third-order valence-corrected chi connectivity index (χ3v) is 6.12. The summed E-state index contributed by atoms with van der Waals surface area (Å²) in [6.07, 6.45) is -3.48. The second-order valence-corrected chi connectivity index (χ2v) is 8.20. The molecule has 1 amide bonds. The summed E-state index contributed by atoms with van der Waals surface area (Å²) in [5, 5.41) is 11.5. The lowest BCUT2D eigenvalue weighted by Gasteiger charge is -2.10. The van der Waals surface area contributed by atoms with Crippen molar-refractivity contribution < 1.29 is 18.0 Å². The fourth-order valence-electron chi connectivity index (χ4n) is 3.58. The van der Waals surface area contributed by atoms with Gasteiger partial charge in [-0.05, 0) is 37.3 Å². The number of nitrogens with zero attached hydrogens (tertiary/aromatic N) is 4. The number of aromatic nitrogens is 4.